The van der Waals surface area contributed by atoms with E-state index in [0.29, 0.717) is 15.7 Å². The molecule has 0 unspecified atom stereocenters. The van der Waals surface area contributed by atoms with Crippen LogP contribution in [0.1, 0.15) is 22.5 Å². The monoisotopic (exact) mass is 506 g/mol. The number of carbonyl (C=O) groups is 1. The summed E-state index contributed by atoms with van der Waals surface area (Å²) in [6.07, 6.45) is 2.56. The van der Waals surface area contributed by atoms with Crippen LogP contribution in [0.3, 0.4) is 0 Å². The van der Waals surface area contributed by atoms with Gasteiger partial charge in [-0.15, -0.1) is 0 Å². The van der Waals surface area contributed by atoms with Crippen LogP contribution in [0, 0.1) is 20.8 Å². The molecule has 0 fully saturated rings. The fraction of sp³-hybridized carbons (Fsp3) is 0.217. The second-order valence-electron chi connectivity index (χ2n) is 7.64. The van der Waals surface area contributed by atoms with Crippen molar-refractivity contribution in [3.05, 3.63) is 81.1 Å². The Labute approximate surface area is 203 Å². The smallest absolute Gasteiger partial charge is 0.260 e. The fourth-order valence-electron chi connectivity index (χ4n) is 3.48. The van der Waals surface area contributed by atoms with Gasteiger partial charge in [0.15, 0.2) is 0 Å². The van der Waals surface area contributed by atoms with Gasteiger partial charge in [-0.05, 0) is 56.7 Å². The van der Waals surface area contributed by atoms with E-state index in [9.17, 15) is 13.2 Å². The molecule has 0 aliphatic heterocycles. The number of hydrogen-bond acceptors (Lipinski definition) is 4. The molecule has 0 aliphatic carbocycles. The van der Waals surface area contributed by atoms with Crippen LogP contribution in [0.15, 0.2) is 53.6 Å². The summed E-state index contributed by atoms with van der Waals surface area (Å²) in [7, 11) is -3.66. The third-order valence-corrected chi connectivity index (χ3v) is 6.96. The molecule has 3 rings (SSSR count). The van der Waals surface area contributed by atoms with E-state index in [2.05, 4.69) is 10.5 Å². The van der Waals surface area contributed by atoms with Gasteiger partial charge in [0, 0.05) is 17.0 Å². The van der Waals surface area contributed by atoms with Crippen molar-refractivity contribution in [2.24, 2.45) is 5.10 Å². The molecular weight excluding hydrogens is 483 g/mol. The van der Waals surface area contributed by atoms with Crippen molar-refractivity contribution >= 4 is 51.0 Å². The van der Waals surface area contributed by atoms with Crippen LogP contribution in [-0.4, -0.2) is 37.9 Å². The summed E-state index contributed by atoms with van der Waals surface area (Å²) in [6.45, 7) is 5.28. The summed E-state index contributed by atoms with van der Waals surface area (Å²) in [5.41, 5.74) is 6.97. The number of rotatable bonds is 7. The summed E-state index contributed by atoms with van der Waals surface area (Å²) in [5.74, 6) is -0.565. The molecule has 2 aromatic carbocycles. The minimum Gasteiger partial charge on any atom is -0.316 e. The van der Waals surface area contributed by atoms with Crippen LogP contribution < -0.4 is 9.73 Å². The summed E-state index contributed by atoms with van der Waals surface area (Å²) in [5, 5.41) is 4.91. The lowest BCUT2D eigenvalue weighted by Crippen LogP contribution is -2.39. The molecule has 0 radical (unpaired) electrons. The maximum Gasteiger partial charge on any atom is 0.260 e. The van der Waals surface area contributed by atoms with E-state index in [-0.39, 0.29) is 0 Å². The standard InChI is InChI=1S/C23H24Cl2N4O3S/c1-15-7-5-8-19(11-15)28(33(4,31)32)14-22(30)27-26-13-18-12-16(2)29(17(18)3)21-10-6-9-20(24)23(21)25/h5-13H,14H2,1-4H3,(H,27,30)/b26-13+. The van der Waals surface area contributed by atoms with Crippen molar-refractivity contribution in [3.8, 4) is 5.69 Å². The highest BCUT2D eigenvalue weighted by atomic mass is 35.5. The molecule has 1 N–H and O–H groups in total. The Morgan fingerprint density at radius 2 is 1.82 bits per heavy atom. The van der Waals surface area contributed by atoms with Crippen molar-refractivity contribution in [1.82, 2.24) is 9.99 Å². The molecule has 7 nitrogen and oxygen atoms in total. The highest BCUT2D eigenvalue weighted by molar-refractivity contribution is 7.92. The highest BCUT2D eigenvalue weighted by Crippen LogP contribution is 2.31. The van der Waals surface area contributed by atoms with Crippen LogP contribution in [0.4, 0.5) is 5.69 Å². The lowest BCUT2D eigenvalue weighted by Gasteiger charge is -2.21. The minimum atomic E-state index is -3.66. The van der Waals surface area contributed by atoms with Crippen molar-refractivity contribution < 1.29 is 13.2 Å². The van der Waals surface area contributed by atoms with Gasteiger partial charge in [-0.2, -0.15) is 5.10 Å². The summed E-state index contributed by atoms with van der Waals surface area (Å²) in [6, 6.07) is 14.2. The predicted molar refractivity (Wildman–Crippen MR) is 134 cm³/mol. The molecule has 0 bridgehead atoms. The number of nitrogens with zero attached hydrogens (tertiary/aromatic N) is 3. The quantitative estimate of drug-likeness (QED) is 0.374. The molecule has 1 heterocycles. The molecule has 0 saturated heterocycles. The van der Waals surface area contributed by atoms with Crippen molar-refractivity contribution in [3.63, 3.8) is 0 Å². The number of halogens is 2. The second kappa shape index (κ2) is 9.99. The lowest BCUT2D eigenvalue weighted by molar-refractivity contribution is -0.119. The van der Waals surface area contributed by atoms with Gasteiger partial charge in [0.1, 0.15) is 6.54 Å². The van der Waals surface area contributed by atoms with Gasteiger partial charge in [-0.3, -0.25) is 9.10 Å². The molecule has 0 spiro atoms. The van der Waals surface area contributed by atoms with Gasteiger partial charge in [0.2, 0.25) is 10.0 Å². The van der Waals surface area contributed by atoms with E-state index in [0.717, 1.165) is 38.8 Å². The van der Waals surface area contributed by atoms with Gasteiger partial charge < -0.3 is 4.57 Å². The molecule has 0 atom stereocenters. The number of hydrogen-bond donors (Lipinski definition) is 1. The molecular formula is C23H24Cl2N4O3S. The average molecular weight is 507 g/mol. The third-order valence-electron chi connectivity index (χ3n) is 5.01. The number of aryl methyl sites for hydroxylation is 2. The first kappa shape index (κ1) is 24.8. The molecule has 1 amide bonds. The fourth-order valence-corrected chi connectivity index (χ4v) is 4.71. The third kappa shape index (κ3) is 5.76. The van der Waals surface area contributed by atoms with Crippen molar-refractivity contribution in [2.45, 2.75) is 20.8 Å². The zero-order valence-corrected chi connectivity index (χ0v) is 21.0. The Morgan fingerprint density at radius 1 is 1.12 bits per heavy atom. The lowest BCUT2D eigenvalue weighted by atomic mass is 10.2. The maximum atomic E-state index is 12.4. The van der Waals surface area contributed by atoms with Gasteiger partial charge in [0.25, 0.3) is 5.91 Å². The van der Waals surface area contributed by atoms with Crippen LogP contribution in [-0.2, 0) is 14.8 Å². The zero-order chi connectivity index (χ0) is 24.3. The highest BCUT2D eigenvalue weighted by Gasteiger charge is 2.21. The SMILES string of the molecule is Cc1cccc(N(CC(=O)N/N=C/c2cc(C)n(-c3cccc(Cl)c3Cl)c2C)S(C)(=O)=O)c1. The van der Waals surface area contributed by atoms with Crippen LogP contribution in [0.25, 0.3) is 5.69 Å². The van der Waals surface area contributed by atoms with E-state index in [1.165, 1.54) is 6.21 Å². The van der Waals surface area contributed by atoms with Gasteiger partial charge in [-0.25, -0.2) is 13.8 Å². The molecule has 0 aliphatic rings. The minimum absolute atomic E-state index is 0.392. The Bertz CT molecular complexity index is 1330. The molecule has 3 aromatic rings. The van der Waals surface area contributed by atoms with E-state index in [4.69, 9.17) is 23.2 Å². The number of carbonyl (C=O) groups excluding carboxylic acids is 1. The van der Waals surface area contributed by atoms with E-state index < -0.39 is 22.5 Å². The zero-order valence-electron chi connectivity index (χ0n) is 18.6. The Balaban J connectivity index is 1.77. The Hall–Kier alpha value is -2.81. The van der Waals surface area contributed by atoms with Gasteiger partial charge in [0.05, 0.1) is 33.9 Å². The molecule has 10 heteroatoms. The van der Waals surface area contributed by atoms with Crippen LogP contribution in [0.5, 0.6) is 0 Å². The van der Waals surface area contributed by atoms with E-state index in [1.54, 1.807) is 24.3 Å². The Morgan fingerprint density at radius 3 is 2.48 bits per heavy atom. The summed E-state index contributed by atoms with van der Waals surface area (Å²) < 4.78 is 27.4. The summed E-state index contributed by atoms with van der Waals surface area (Å²) >= 11 is 12.5. The maximum absolute atomic E-state index is 12.4. The number of aromatic nitrogens is 1. The van der Waals surface area contributed by atoms with Gasteiger partial charge in [-0.1, -0.05) is 41.4 Å². The molecule has 1 aromatic heterocycles. The largest absolute Gasteiger partial charge is 0.316 e. The number of anilines is 1. The number of benzene rings is 2. The Kier molecular flexibility index (Phi) is 7.51. The van der Waals surface area contributed by atoms with Crippen molar-refractivity contribution in [1.29, 1.82) is 0 Å². The first-order chi connectivity index (χ1) is 15.5. The summed E-state index contributed by atoms with van der Waals surface area (Å²) in [4.78, 5) is 12.4. The topological polar surface area (TPSA) is 83.8 Å². The molecule has 33 heavy (non-hydrogen) atoms. The van der Waals surface area contributed by atoms with Crippen LogP contribution >= 0.6 is 23.2 Å². The first-order valence-electron chi connectivity index (χ1n) is 9.98. The average Bonchev–Trinajstić information content (AvgIpc) is 3.01. The number of hydrazone groups is 1. The molecule has 174 valence electrons. The first-order valence-corrected chi connectivity index (χ1v) is 12.6. The van der Waals surface area contributed by atoms with E-state index >= 15 is 0 Å². The van der Waals surface area contributed by atoms with E-state index in [1.807, 2.05) is 49.6 Å². The normalized spacial score (nSPS) is 11.7. The number of amides is 1. The van der Waals surface area contributed by atoms with Crippen molar-refractivity contribution in [2.75, 3.05) is 17.1 Å². The van der Waals surface area contributed by atoms with Crippen LogP contribution in [0.2, 0.25) is 10.0 Å². The number of sulfonamides is 1. The second-order valence-corrected chi connectivity index (χ2v) is 10.3. The predicted octanol–water partition coefficient (Wildman–Crippen LogP) is 4.63. The van der Waals surface area contributed by atoms with Gasteiger partial charge >= 0.3 is 0 Å². The number of nitrogens with one attached hydrogen (secondary N) is 1. The molecule has 0 saturated carbocycles.